The molecule has 1 aliphatic carbocycles. The lowest BCUT2D eigenvalue weighted by Crippen LogP contribution is -2.43. The summed E-state index contributed by atoms with van der Waals surface area (Å²) < 4.78 is 0. The molecule has 2 N–H and O–H groups in total. The van der Waals surface area contributed by atoms with E-state index in [4.69, 9.17) is 0 Å². The van der Waals surface area contributed by atoms with Crippen LogP contribution in [0.25, 0.3) is 0 Å². The van der Waals surface area contributed by atoms with Crippen LogP contribution in [0.15, 0.2) is 35.0 Å². The molecule has 2 aromatic heterocycles. The Hall–Kier alpha value is -1.66. The van der Waals surface area contributed by atoms with Gasteiger partial charge in [-0.25, -0.2) is 0 Å². The fourth-order valence-electron chi connectivity index (χ4n) is 3.13. The van der Waals surface area contributed by atoms with Crippen molar-refractivity contribution in [2.24, 2.45) is 0 Å². The van der Waals surface area contributed by atoms with E-state index < -0.39 is 0 Å². The predicted octanol–water partition coefficient (Wildman–Crippen LogP) is 3.17. The molecular weight excluding hydrogens is 328 g/mol. The molecule has 4 nitrogen and oxygen atoms in total. The van der Waals surface area contributed by atoms with Crippen LogP contribution >= 0.6 is 22.7 Å². The summed E-state index contributed by atoms with van der Waals surface area (Å²) in [5, 5.41) is 9.62. The molecule has 0 spiro atoms. The number of hydrogen-bond acceptors (Lipinski definition) is 4. The van der Waals surface area contributed by atoms with Crippen LogP contribution in [0.5, 0.6) is 0 Å². The maximum absolute atomic E-state index is 12.1. The largest absolute Gasteiger partial charge is 0.354 e. The maximum atomic E-state index is 12.1. The number of carbonyl (C=O) groups excluding carboxylic acids is 2. The quantitative estimate of drug-likeness (QED) is 0.842. The molecule has 2 amide bonds. The fraction of sp³-hybridized carbons (Fsp3) is 0.412. The highest BCUT2D eigenvalue weighted by Gasteiger charge is 2.36. The van der Waals surface area contributed by atoms with Gasteiger partial charge in [-0.3, -0.25) is 9.59 Å². The first-order valence-electron chi connectivity index (χ1n) is 7.82. The van der Waals surface area contributed by atoms with E-state index in [1.807, 2.05) is 11.4 Å². The highest BCUT2D eigenvalue weighted by Crippen LogP contribution is 2.42. The third-order valence-electron chi connectivity index (χ3n) is 4.38. The summed E-state index contributed by atoms with van der Waals surface area (Å²) in [6, 6.07) is 7.82. The Balaban J connectivity index is 1.51. The Morgan fingerprint density at radius 1 is 1.04 bits per heavy atom. The number of hydrogen-bond donors (Lipinski definition) is 2. The predicted molar refractivity (Wildman–Crippen MR) is 94.1 cm³/mol. The molecule has 1 saturated carbocycles. The topological polar surface area (TPSA) is 58.2 Å². The van der Waals surface area contributed by atoms with Gasteiger partial charge in [0, 0.05) is 16.8 Å². The van der Waals surface area contributed by atoms with Crippen LogP contribution in [-0.4, -0.2) is 24.9 Å². The molecule has 1 fully saturated rings. The van der Waals surface area contributed by atoms with Crippen LogP contribution < -0.4 is 10.6 Å². The van der Waals surface area contributed by atoms with Crippen molar-refractivity contribution < 1.29 is 9.59 Å². The standard InChI is InChI=1S/C17H20N2O2S2/c20-15(11-18-16(21)13-5-3-9-22-13)19-12-17(7-1-2-8-17)14-6-4-10-23-14/h3-6,9-10H,1-2,7-8,11-12H2,(H,18,21)(H,19,20). The molecule has 0 unspecified atom stereocenters. The summed E-state index contributed by atoms with van der Waals surface area (Å²) in [6.45, 7) is 0.679. The van der Waals surface area contributed by atoms with E-state index in [0.29, 0.717) is 11.4 Å². The van der Waals surface area contributed by atoms with Crippen LogP contribution in [0, 0.1) is 0 Å². The van der Waals surface area contributed by atoms with Crippen molar-refractivity contribution in [1.29, 1.82) is 0 Å². The Bertz CT molecular complexity index is 644. The number of thiophene rings is 2. The van der Waals surface area contributed by atoms with Gasteiger partial charge in [-0.15, -0.1) is 22.7 Å². The Morgan fingerprint density at radius 2 is 1.78 bits per heavy atom. The molecule has 122 valence electrons. The van der Waals surface area contributed by atoms with Gasteiger partial charge in [-0.05, 0) is 35.7 Å². The SMILES string of the molecule is O=C(CNC(=O)c1cccs1)NCC1(c2cccs2)CCCC1. The third-order valence-corrected chi connectivity index (χ3v) is 6.37. The number of carbonyl (C=O) groups is 2. The molecule has 3 rings (SSSR count). The van der Waals surface area contributed by atoms with Gasteiger partial charge in [-0.2, -0.15) is 0 Å². The van der Waals surface area contributed by atoms with E-state index in [1.165, 1.54) is 29.1 Å². The van der Waals surface area contributed by atoms with Crippen LogP contribution in [0.1, 0.15) is 40.2 Å². The molecule has 0 aromatic carbocycles. The van der Waals surface area contributed by atoms with Crippen molar-refractivity contribution in [3.05, 3.63) is 44.8 Å². The van der Waals surface area contributed by atoms with Crippen molar-refractivity contribution in [3.8, 4) is 0 Å². The second-order valence-corrected chi connectivity index (χ2v) is 7.80. The number of rotatable bonds is 6. The summed E-state index contributed by atoms with van der Waals surface area (Å²) in [5.74, 6) is -0.318. The third kappa shape index (κ3) is 3.82. The number of amides is 2. The highest BCUT2D eigenvalue weighted by atomic mass is 32.1. The normalized spacial score (nSPS) is 16.2. The molecule has 23 heavy (non-hydrogen) atoms. The average molecular weight is 348 g/mol. The van der Waals surface area contributed by atoms with E-state index in [1.54, 1.807) is 17.4 Å². The first-order chi connectivity index (χ1) is 11.2. The maximum Gasteiger partial charge on any atom is 0.261 e. The van der Waals surface area contributed by atoms with Crippen molar-refractivity contribution in [2.75, 3.05) is 13.1 Å². The average Bonchev–Trinajstić information content (AvgIpc) is 3.32. The number of nitrogens with one attached hydrogen (secondary N) is 2. The molecule has 2 aromatic rings. The minimum absolute atomic E-state index is 0.0251. The van der Waals surface area contributed by atoms with Crippen LogP contribution in [-0.2, 0) is 10.2 Å². The molecule has 0 saturated heterocycles. The highest BCUT2D eigenvalue weighted by molar-refractivity contribution is 7.12. The lowest BCUT2D eigenvalue weighted by atomic mass is 9.84. The van der Waals surface area contributed by atoms with Gasteiger partial charge in [0.05, 0.1) is 11.4 Å². The van der Waals surface area contributed by atoms with Crippen LogP contribution in [0.4, 0.5) is 0 Å². The van der Waals surface area contributed by atoms with Gasteiger partial charge in [0.2, 0.25) is 5.91 Å². The van der Waals surface area contributed by atoms with Gasteiger partial charge < -0.3 is 10.6 Å². The summed E-state index contributed by atoms with van der Waals surface area (Å²) in [5.41, 5.74) is 0.0849. The van der Waals surface area contributed by atoms with E-state index >= 15 is 0 Å². The summed E-state index contributed by atoms with van der Waals surface area (Å²) >= 11 is 3.14. The Labute approximate surface area is 143 Å². The van der Waals surface area contributed by atoms with Crippen molar-refractivity contribution >= 4 is 34.5 Å². The van der Waals surface area contributed by atoms with E-state index in [0.717, 1.165) is 12.8 Å². The smallest absolute Gasteiger partial charge is 0.261 e. The van der Waals surface area contributed by atoms with Crippen LogP contribution in [0.3, 0.4) is 0 Å². The Kier molecular flexibility index (Phi) is 5.13. The van der Waals surface area contributed by atoms with E-state index in [2.05, 4.69) is 28.1 Å². The van der Waals surface area contributed by atoms with E-state index in [9.17, 15) is 9.59 Å². The lowest BCUT2D eigenvalue weighted by Gasteiger charge is -2.28. The molecule has 0 atom stereocenters. The second-order valence-electron chi connectivity index (χ2n) is 5.90. The Morgan fingerprint density at radius 3 is 2.43 bits per heavy atom. The molecule has 1 aliphatic rings. The van der Waals surface area contributed by atoms with Gasteiger partial charge in [0.15, 0.2) is 0 Å². The van der Waals surface area contributed by atoms with Crippen molar-refractivity contribution in [2.45, 2.75) is 31.1 Å². The van der Waals surface area contributed by atoms with Gasteiger partial charge in [0.1, 0.15) is 0 Å². The monoisotopic (exact) mass is 348 g/mol. The first kappa shape index (κ1) is 16.2. The molecule has 0 radical (unpaired) electrons. The van der Waals surface area contributed by atoms with Gasteiger partial charge in [0.25, 0.3) is 5.91 Å². The second kappa shape index (κ2) is 7.27. The van der Waals surface area contributed by atoms with Gasteiger partial charge in [-0.1, -0.05) is 25.0 Å². The van der Waals surface area contributed by atoms with Crippen molar-refractivity contribution in [3.63, 3.8) is 0 Å². The zero-order chi connectivity index (χ0) is 16.1. The zero-order valence-electron chi connectivity index (χ0n) is 12.8. The van der Waals surface area contributed by atoms with Gasteiger partial charge >= 0.3 is 0 Å². The fourth-order valence-corrected chi connectivity index (χ4v) is 4.76. The first-order valence-corrected chi connectivity index (χ1v) is 9.58. The van der Waals surface area contributed by atoms with Crippen molar-refractivity contribution in [1.82, 2.24) is 10.6 Å². The molecule has 2 heterocycles. The lowest BCUT2D eigenvalue weighted by molar-refractivity contribution is -0.120. The zero-order valence-corrected chi connectivity index (χ0v) is 14.5. The van der Waals surface area contributed by atoms with Crippen LogP contribution in [0.2, 0.25) is 0 Å². The molecular formula is C17H20N2O2S2. The minimum atomic E-state index is -0.191. The minimum Gasteiger partial charge on any atom is -0.354 e. The molecule has 6 heteroatoms. The van der Waals surface area contributed by atoms with E-state index in [-0.39, 0.29) is 23.8 Å². The summed E-state index contributed by atoms with van der Waals surface area (Å²) in [7, 11) is 0. The summed E-state index contributed by atoms with van der Waals surface area (Å²) in [4.78, 5) is 25.9. The summed E-state index contributed by atoms with van der Waals surface area (Å²) in [6.07, 6.45) is 4.66. The molecule has 0 bridgehead atoms. The molecule has 0 aliphatic heterocycles.